The minimum atomic E-state index is 0. The Kier molecular flexibility index (Phi) is 4.97. The normalized spacial score (nSPS) is 11.7. The molecule has 0 aliphatic carbocycles. The molecule has 0 spiro atoms. The second kappa shape index (κ2) is 8.73. The summed E-state index contributed by atoms with van der Waals surface area (Å²) in [6, 6.07) is 32.2. The van der Waals surface area contributed by atoms with E-state index in [4.69, 9.17) is 29.9 Å². The van der Waals surface area contributed by atoms with E-state index in [0.29, 0.717) is 45.9 Å². The van der Waals surface area contributed by atoms with Crippen LogP contribution in [0.5, 0.6) is 0 Å². The Balaban J connectivity index is 0.00000256. The molecule has 5 heterocycles. The van der Waals surface area contributed by atoms with Crippen LogP contribution in [0.15, 0.2) is 97.1 Å². The molecule has 8 bridgehead atoms. The molecule has 0 fully saturated rings. The number of aromatic nitrogens is 8. The van der Waals surface area contributed by atoms with Crippen molar-refractivity contribution in [1.82, 2.24) is 39.9 Å². The van der Waals surface area contributed by atoms with Gasteiger partial charge in [0.25, 0.3) is 0 Å². The molecule has 0 atom stereocenters. The Labute approximate surface area is 237 Å². The van der Waals surface area contributed by atoms with Gasteiger partial charge < -0.3 is 9.97 Å². The third kappa shape index (κ3) is 3.46. The summed E-state index contributed by atoms with van der Waals surface area (Å²) in [6.45, 7) is 0. The van der Waals surface area contributed by atoms with Crippen molar-refractivity contribution in [3.63, 3.8) is 0 Å². The summed E-state index contributed by atoms with van der Waals surface area (Å²) >= 11 is 0. The number of H-pyrrole nitrogens is 2. The van der Waals surface area contributed by atoms with E-state index in [-0.39, 0.29) is 11.0 Å². The van der Waals surface area contributed by atoms with Crippen LogP contribution in [0.25, 0.3) is 89.7 Å². The molecular weight excluding hydrogens is 524 g/mol. The summed E-state index contributed by atoms with van der Waals surface area (Å²) in [7, 11) is 0. The van der Waals surface area contributed by atoms with Crippen molar-refractivity contribution in [1.29, 1.82) is 0 Å². The fourth-order valence-electron chi connectivity index (χ4n) is 5.59. The third-order valence-electron chi connectivity index (χ3n) is 7.46. The van der Waals surface area contributed by atoms with E-state index >= 15 is 0 Å². The van der Waals surface area contributed by atoms with Gasteiger partial charge in [0, 0.05) is 43.8 Å². The molecular formula is C32H18N8Si+4. The number of benzene rings is 4. The molecule has 2 aliphatic rings. The predicted octanol–water partition coefficient (Wildman–Crippen LogP) is 6.49. The maximum absolute atomic E-state index is 5.02. The molecule has 0 unspecified atom stereocenters. The van der Waals surface area contributed by atoms with E-state index in [1.54, 1.807) is 0 Å². The van der Waals surface area contributed by atoms with Crippen LogP contribution in [-0.4, -0.2) is 50.8 Å². The second-order valence-electron chi connectivity index (χ2n) is 9.79. The molecule has 4 aromatic carbocycles. The van der Waals surface area contributed by atoms with Gasteiger partial charge in [-0.1, -0.05) is 97.1 Å². The van der Waals surface area contributed by atoms with Gasteiger partial charge in [-0.15, -0.1) is 0 Å². The Morgan fingerprint density at radius 1 is 0.317 bits per heavy atom. The first kappa shape index (κ1) is 23.4. The van der Waals surface area contributed by atoms with Crippen molar-refractivity contribution in [3.8, 4) is 45.6 Å². The number of nitrogens with zero attached hydrogens (tertiary/aromatic N) is 6. The molecule has 9 heteroatoms. The molecule has 0 saturated heterocycles. The van der Waals surface area contributed by atoms with Crippen LogP contribution in [0.2, 0.25) is 0 Å². The van der Waals surface area contributed by atoms with Crippen LogP contribution in [0.1, 0.15) is 0 Å². The molecule has 41 heavy (non-hydrogen) atoms. The largest absolute Gasteiger partial charge is 4.00 e. The molecule has 7 aromatic rings. The zero-order valence-corrected chi connectivity index (χ0v) is 22.4. The molecule has 8 nitrogen and oxygen atoms in total. The van der Waals surface area contributed by atoms with Crippen molar-refractivity contribution in [2.45, 2.75) is 0 Å². The van der Waals surface area contributed by atoms with Crippen LogP contribution in [0, 0.1) is 0 Å². The first-order chi connectivity index (χ1) is 19.8. The average molecular weight is 543 g/mol. The topological polar surface area (TPSA) is 109 Å². The first-order valence-electron chi connectivity index (χ1n) is 13.0. The number of fused-ring (bicyclic) bond motifs is 20. The van der Waals surface area contributed by atoms with Gasteiger partial charge >= 0.3 is 11.0 Å². The smallest absolute Gasteiger partial charge is 0.324 e. The van der Waals surface area contributed by atoms with Crippen molar-refractivity contribution in [3.05, 3.63) is 97.1 Å². The minimum absolute atomic E-state index is 0. The quantitative estimate of drug-likeness (QED) is 0.212. The number of hydrogen-bond donors (Lipinski definition) is 2. The zero-order valence-electron chi connectivity index (χ0n) is 21.4. The molecule has 0 saturated carbocycles. The van der Waals surface area contributed by atoms with Crippen LogP contribution in [0.4, 0.5) is 0 Å². The van der Waals surface area contributed by atoms with Gasteiger partial charge in [0.15, 0.2) is 23.3 Å². The summed E-state index contributed by atoms with van der Waals surface area (Å²) in [5.74, 6) is 2.39. The zero-order chi connectivity index (χ0) is 26.2. The number of nitrogens with one attached hydrogen (secondary N) is 2. The molecule has 0 amide bonds. The number of rotatable bonds is 0. The van der Waals surface area contributed by atoms with Crippen LogP contribution >= 0.6 is 0 Å². The Bertz CT molecular complexity index is 2030. The fraction of sp³-hybridized carbons (Fsp3) is 0. The Hall–Kier alpha value is -5.54. The molecule has 2 aliphatic heterocycles. The van der Waals surface area contributed by atoms with Crippen molar-refractivity contribution >= 4 is 55.1 Å². The molecule has 2 N–H and O–H groups in total. The van der Waals surface area contributed by atoms with Gasteiger partial charge in [0.05, 0.1) is 0 Å². The standard InChI is InChI=1S/C32H18N8.Si/c1-2-10-18-17(9-1)25-33-26(18)38-28-21-13-5-6-14-22(21)30(35-28)40-32-24-16-8-7-15-23(24)31(36-32)39-29-20-12-4-3-11-19(20)27(34-29)37-25;/h1-16H,(H2,33,34,35,36,37,38,39,40);/q;+4. The molecule has 9 rings (SSSR count). The van der Waals surface area contributed by atoms with E-state index in [1.165, 1.54) is 0 Å². The first-order valence-corrected chi connectivity index (χ1v) is 13.0. The van der Waals surface area contributed by atoms with Gasteiger partial charge in [0.2, 0.25) is 0 Å². The van der Waals surface area contributed by atoms with Crippen LogP contribution in [-0.2, 0) is 0 Å². The maximum Gasteiger partial charge on any atom is 4.00 e. The van der Waals surface area contributed by atoms with Crippen molar-refractivity contribution in [2.24, 2.45) is 0 Å². The van der Waals surface area contributed by atoms with Crippen LogP contribution in [0.3, 0.4) is 0 Å². The predicted molar refractivity (Wildman–Crippen MR) is 162 cm³/mol. The van der Waals surface area contributed by atoms with Gasteiger partial charge in [-0.25, -0.2) is 29.9 Å². The van der Waals surface area contributed by atoms with Crippen molar-refractivity contribution < 1.29 is 0 Å². The summed E-state index contributed by atoms with van der Waals surface area (Å²) in [6.07, 6.45) is 0. The van der Waals surface area contributed by atoms with E-state index in [1.807, 2.05) is 97.1 Å². The molecule has 3 aromatic heterocycles. The molecule has 0 radical (unpaired) electrons. The monoisotopic (exact) mass is 542 g/mol. The van der Waals surface area contributed by atoms with E-state index in [9.17, 15) is 0 Å². The van der Waals surface area contributed by atoms with Crippen molar-refractivity contribution in [2.75, 3.05) is 0 Å². The van der Waals surface area contributed by atoms with Gasteiger partial charge in [0.1, 0.15) is 22.6 Å². The minimum Gasteiger partial charge on any atom is -0.324 e. The Morgan fingerprint density at radius 3 is 0.829 bits per heavy atom. The Morgan fingerprint density at radius 2 is 0.561 bits per heavy atom. The fourth-order valence-corrected chi connectivity index (χ4v) is 5.59. The number of aromatic amines is 2. The molecule has 186 valence electrons. The average Bonchev–Trinajstić information content (AvgIpc) is 3.73. The van der Waals surface area contributed by atoms with Gasteiger partial charge in [-0.2, -0.15) is 0 Å². The van der Waals surface area contributed by atoms with E-state index in [0.717, 1.165) is 43.8 Å². The van der Waals surface area contributed by atoms with Gasteiger partial charge in [-0.05, 0) is 0 Å². The summed E-state index contributed by atoms with van der Waals surface area (Å²) in [4.78, 5) is 36.8. The van der Waals surface area contributed by atoms with Gasteiger partial charge in [-0.3, -0.25) is 0 Å². The van der Waals surface area contributed by atoms with E-state index in [2.05, 4.69) is 9.97 Å². The number of hydrogen-bond acceptors (Lipinski definition) is 6. The maximum atomic E-state index is 5.02. The summed E-state index contributed by atoms with van der Waals surface area (Å²) in [5, 5.41) is 3.82. The SMILES string of the molecule is [Si+4].c1ccc2c(c1)-c1nc-2nc2[nH]c(nc3nc(nc4[nH]c(n1)c1ccccc41)-c1ccccc1-3)c1ccccc21. The second-order valence-corrected chi connectivity index (χ2v) is 9.79. The van der Waals surface area contributed by atoms with Crippen LogP contribution < -0.4 is 0 Å². The summed E-state index contributed by atoms with van der Waals surface area (Å²) < 4.78 is 0. The third-order valence-corrected chi connectivity index (χ3v) is 7.46. The van der Waals surface area contributed by atoms with E-state index < -0.39 is 0 Å². The summed E-state index contributed by atoms with van der Waals surface area (Å²) in [5.41, 5.74) is 6.45.